The number of carbonyl (C=O) groups is 1. The van der Waals surface area contributed by atoms with Crippen LogP contribution < -0.4 is 5.32 Å². The monoisotopic (exact) mass is 332 g/mol. The van der Waals surface area contributed by atoms with Gasteiger partial charge in [-0.25, -0.2) is 0 Å². The van der Waals surface area contributed by atoms with Crippen LogP contribution in [0.25, 0.3) is 0 Å². The third-order valence-corrected chi connectivity index (χ3v) is 3.40. The van der Waals surface area contributed by atoms with E-state index in [4.69, 9.17) is 0 Å². The zero-order chi connectivity index (χ0) is 13.5. The van der Waals surface area contributed by atoms with Crippen molar-refractivity contribution < 1.29 is 9.72 Å². The van der Waals surface area contributed by atoms with Gasteiger partial charge in [-0.05, 0) is 30.6 Å². The highest BCUT2D eigenvalue weighted by Gasteiger charge is 2.19. The highest BCUT2D eigenvalue weighted by atomic mass is 79.9. The molecule has 0 spiro atoms. The van der Waals surface area contributed by atoms with Gasteiger partial charge in [0.15, 0.2) is 0 Å². The zero-order valence-electron chi connectivity index (χ0n) is 9.81. The second-order valence-electron chi connectivity index (χ2n) is 3.52. The third-order valence-electron chi connectivity index (χ3n) is 2.21. The topological polar surface area (TPSA) is 72.2 Å². The average molecular weight is 333 g/mol. The molecule has 98 valence electrons. The molecule has 5 nitrogen and oxygen atoms in total. The Balaban J connectivity index is 2.76. The van der Waals surface area contributed by atoms with Crippen LogP contribution in [0.3, 0.4) is 0 Å². The number of rotatable bonds is 6. The molecule has 1 rings (SSSR count). The van der Waals surface area contributed by atoms with Crippen molar-refractivity contribution in [3.8, 4) is 0 Å². The van der Waals surface area contributed by atoms with Gasteiger partial charge < -0.3 is 5.32 Å². The Morgan fingerprint density at radius 3 is 2.89 bits per heavy atom. The van der Waals surface area contributed by atoms with Crippen molar-refractivity contribution in [2.45, 2.75) is 6.42 Å². The molecule has 0 saturated carbocycles. The molecule has 0 unspecified atom stereocenters. The largest absolute Gasteiger partial charge is 0.352 e. The molecule has 0 atom stereocenters. The van der Waals surface area contributed by atoms with Gasteiger partial charge in [-0.1, -0.05) is 15.9 Å². The van der Waals surface area contributed by atoms with Crippen LogP contribution in [0.1, 0.15) is 16.8 Å². The minimum absolute atomic E-state index is 0.0901. The number of benzene rings is 1. The number of nitrogens with zero attached hydrogens (tertiary/aromatic N) is 1. The lowest BCUT2D eigenvalue weighted by molar-refractivity contribution is -0.385. The molecule has 1 aromatic rings. The van der Waals surface area contributed by atoms with E-state index in [1.54, 1.807) is 17.8 Å². The molecule has 0 aliphatic carbocycles. The predicted octanol–water partition coefficient (Wildman–Crippen LogP) is 2.84. The van der Waals surface area contributed by atoms with Crippen LogP contribution in [0, 0.1) is 10.1 Å². The first kappa shape index (κ1) is 15.0. The maximum Gasteiger partial charge on any atom is 0.283 e. The molecule has 0 radical (unpaired) electrons. The van der Waals surface area contributed by atoms with Gasteiger partial charge in [-0.3, -0.25) is 14.9 Å². The van der Waals surface area contributed by atoms with Crippen LogP contribution >= 0.6 is 27.7 Å². The van der Waals surface area contributed by atoms with E-state index in [-0.39, 0.29) is 11.3 Å². The SMILES string of the molecule is CSCCCNC(=O)c1ccc(Br)cc1[N+](=O)[O-]. The number of carbonyl (C=O) groups excluding carboxylic acids is 1. The Kier molecular flexibility index (Phi) is 6.14. The molecule has 0 aliphatic rings. The minimum Gasteiger partial charge on any atom is -0.352 e. The average Bonchev–Trinajstić information content (AvgIpc) is 2.34. The maximum absolute atomic E-state index is 11.8. The lowest BCUT2D eigenvalue weighted by Crippen LogP contribution is -2.25. The first-order chi connectivity index (χ1) is 8.56. The van der Waals surface area contributed by atoms with Gasteiger partial charge >= 0.3 is 0 Å². The fourth-order valence-electron chi connectivity index (χ4n) is 1.36. The fraction of sp³-hybridized carbons (Fsp3) is 0.364. The summed E-state index contributed by atoms with van der Waals surface area (Å²) in [6.45, 7) is 0.521. The fourth-order valence-corrected chi connectivity index (χ4v) is 2.14. The van der Waals surface area contributed by atoms with Crippen molar-refractivity contribution in [3.63, 3.8) is 0 Å². The van der Waals surface area contributed by atoms with Crippen LogP contribution in [-0.2, 0) is 0 Å². The van der Waals surface area contributed by atoms with E-state index in [0.29, 0.717) is 11.0 Å². The smallest absolute Gasteiger partial charge is 0.283 e. The number of hydrogen-bond donors (Lipinski definition) is 1. The predicted molar refractivity (Wildman–Crippen MR) is 76.1 cm³/mol. The quantitative estimate of drug-likeness (QED) is 0.494. The number of amides is 1. The van der Waals surface area contributed by atoms with Crippen LogP contribution in [0.2, 0.25) is 0 Å². The summed E-state index contributed by atoms with van der Waals surface area (Å²) in [6, 6.07) is 4.40. The highest BCUT2D eigenvalue weighted by Crippen LogP contribution is 2.23. The van der Waals surface area contributed by atoms with E-state index < -0.39 is 10.8 Å². The van der Waals surface area contributed by atoms with Crippen molar-refractivity contribution in [1.29, 1.82) is 0 Å². The Hall–Kier alpha value is -1.08. The second kappa shape index (κ2) is 7.38. The summed E-state index contributed by atoms with van der Waals surface area (Å²) in [4.78, 5) is 22.1. The van der Waals surface area contributed by atoms with Gasteiger partial charge in [0.25, 0.3) is 11.6 Å². The lowest BCUT2D eigenvalue weighted by atomic mass is 10.1. The van der Waals surface area contributed by atoms with Gasteiger partial charge in [0.05, 0.1) is 4.92 Å². The molecule has 0 fully saturated rings. The number of thioether (sulfide) groups is 1. The second-order valence-corrected chi connectivity index (χ2v) is 5.42. The minimum atomic E-state index is -0.554. The Bertz CT molecular complexity index is 454. The Morgan fingerprint density at radius 1 is 1.56 bits per heavy atom. The Morgan fingerprint density at radius 2 is 2.28 bits per heavy atom. The summed E-state index contributed by atoms with van der Waals surface area (Å²) in [7, 11) is 0. The summed E-state index contributed by atoms with van der Waals surface area (Å²) in [6.07, 6.45) is 2.83. The van der Waals surface area contributed by atoms with Crippen molar-refractivity contribution in [3.05, 3.63) is 38.3 Å². The van der Waals surface area contributed by atoms with Gasteiger partial charge in [-0.15, -0.1) is 0 Å². The van der Waals surface area contributed by atoms with E-state index >= 15 is 0 Å². The standard InChI is InChI=1S/C11H13BrN2O3S/c1-18-6-2-5-13-11(15)9-4-3-8(12)7-10(9)14(16)17/h3-4,7H,2,5-6H2,1H3,(H,13,15). The number of halogens is 1. The van der Waals surface area contributed by atoms with Crippen molar-refractivity contribution >= 4 is 39.3 Å². The summed E-state index contributed by atoms with van der Waals surface area (Å²) in [5, 5.41) is 13.5. The molecule has 1 aromatic carbocycles. The summed E-state index contributed by atoms with van der Waals surface area (Å²) in [5.41, 5.74) is -0.0981. The van der Waals surface area contributed by atoms with Crippen molar-refractivity contribution in [2.24, 2.45) is 0 Å². The number of nitrogens with one attached hydrogen (secondary N) is 1. The number of nitro benzene ring substituents is 1. The van der Waals surface area contributed by atoms with Gasteiger partial charge in [0.1, 0.15) is 5.56 Å². The molecular formula is C11H13BrN2O3S. The van der Waals surface area contributed by atoms with Crippen molar-refractivity contribution in [1.82, 2.24) is 5.32 Å². The van der Waals surface area contributed by atoms with E-state index in [2.05, 4.69) is 21.2 Å². The molecule has 0 aliphatic heterocycles. The van der Waals surface area contributed by atoms with E-state index in [1.165, 1.54) is 12.1 Å². The van der Waals surface area contributed by atoms with Crippen LogP contribution in [0.5, 0.6) is 0 Å². The van der Waals surface area contributed by atoms with Crippen LogP contribution in [0.15, 0.2) is 22.7 Å². The lowest BCUT2D eigenvalue weighted by Gasteiger charge is -2.05. The first-order valence-electron chi connectivity index (χ1n) is 5.27. The summed E-state index contributed by atoms with van der Waals surface area (Å²) in [5.74, 6) is 0.540. The number of hydrogen-bond acceptors (Lipinski definition) is 4. The van der Waals surface area contributed by atoms with Gasteiger partial charge in [-0.2, -0.15) is 11.8 Å². The molecule has 0 saturated heterocycles. The summed E-state index contributed by atoms with van der Waals surface area (Å²) < 4.78 is 0.577. The van der Waals surface area contributed by atoms with Crippen molar-refractivity contribution in [2.75, 3.05) is 18.6 Å². The molecule has 18 heavy (non-hydrogen) atoms. The molecule has 0 heterocycles. The molecule has 0 bridgehead atoms. The maximum atomic E-state index is 11.8. The van der Waals surface area contributed by atoms with E-state index in [9.17, 15) is 14.9 Å². The normalized spacial score (nSPS) is 10.1. The van der Waals surface area contributed by atoms with Crippen LogP contribution in [0.4, 0.5) is 5.69 Å². The molecule has 1 N–H and O–H groups in total. The highest BCUT2D eigenvalue weighted by molar-refractivity contribution is 9.10. The van der Waals surface area contributed by atoms with Crippen LogP contribution in [-0.4, -0.2) is 29.4 Å². The van der Waals surface area contributed by atoms with E-state index in [0.717, 1.165) is 12.2 Å². The zero-order valence-corrected chi connectivity index (χ0v) is 12.2. The Labute approximate surface area is 118 Å². The summed E-state index contributed by atoms with van der Waals surface area (Å²) >= 11 is 4.84. The first-order valence-corrected chi connectivity index (χ1v) is 7.46. The molecular weight excluding hydrogens is 320 g/mol. The third kappa shape index (κ3) is 4.30. The molecule has 7 heteroatoms. The van der Waals surface area contributed by atoms with Gasteiger partial charge in [0.2, 0.25) is 0 Å². The van der Waals surface area contributed by atoms with E-state index in [1.807, 2.05) is 6.26 Å². The molecule has 0 aromatic heterocycles. The number of nitro groups is 1. The van der Waals surface area contributed by atoms with Gasteiger partial charge in [0, 0.05) is 17.1 Å². The molecule has 1 amide bonds.